The van der Waals surface area contributed by atoms with Crippen molar-refractivity contribution >= 4 is 28.7 Å². The van der Waals surface area contributed by atoms with E-state index in [1.165, 1.54) is 0 Å². The molecular formula is C13H18F3N5O2S. The molecule has 0 aliphatic rings. The van der Waals surface area contributed by atoms with Gasteiger partial charge < -0.3 is 10.2 Å². The second-order valence-corrected chi connectivity index (χ2v) is 5.56. The molecule has 11 heteroatoms. The van der Waals surface area contributed by atoms with Crippen molar-refractivity contribution in [3.8, 4) is 0 Å². The fourth-order valence-corrected chi connectivity index (χ4v) is 1.88. The molecule has 134 valence electrons. The lowest BCUT2D eigenvalue weighted by atomic mass is 10.1. The fourth-order valence-electron chi connectivity index (χ4n) is 1.73. The molecule has 7 nitrogen and oxygen atoms in total. The van der Waals surface area contributed by atoms with Crippen LogP contribution in [0.3, 0.4) is 0 Å². The summed E-state index contributed by atoms with van der Waals surface area (Å²) in [7, 11) is 3.86. The highest BCUT2D eigenvalue weighted by molar-refractivity contribution is 7.80. The quantitative estimate of drug-likeness (QED) is 0.296. The summed E-state index contributed by atoms with van der Waals surface area (Å²) in [6.45, 7) is 1.44. The number of thiocarbonyl (C=S) groups is 1. The van der Waals surface area contributed by atoms with E-state index < -0.39 is 22.4 Å². The van der Waals surface area contributed by atoms with E-state index in [1.54, 1.807) is 0 Å². The molecule has 0 unspecified atom stereocenters. The average Bonchev–Trinajstić information content (AvgIpc) is 2.48. The maximum Gasteiger partial charge on any atom is 0.416 e. The van der Waals surface area contributed by atoms with Crippen molar-refractivity contribution in [1.29, 1.82) is 0 Å². The lowest BCUT2D eigenvalue weighted by Gasteiger charge is -2.14. The molecule has 0 aliphatic carbocycles. The minimum atomic E-state index is -4.65. The summed E-state index contributed by atoms with van der Waals surface area (Å²) in [5.41, 5.74) is 3.05. The summed E-state index contributed by atoms with van der Waals surface area (Å²) < 4.78 is 37.8. The zero-order valence-electron chi connectivity index (χ0n) is 13.1. The standard InChI is InChI=1S/C13H18F3N5O2S/c1-20(2)7-3-6-17-12(24)19-18-10-5-4-9(13(14,15)16)8-11(10)21(22)23/h4-5,8,18H,3,6-7H2,1-2H3,(H2,17,19,24). The van der Waals surface area contributed by atoms with Crippen LogP contribution >= 0.6 is 12.2 Å². The molecule has 0 bridgehead atoms. The molecular weight excluding hydrogens is 347 g/mol. The van der Waals surface area contributed by atoms with Crippen molar-refractivity contribution in [2.24, 2.45) is 0 Å². The number of nitrogens with one attached hydrogen (secondary N) is 3. The van der Waals surface area contributed by atoms with Gasteiger partial charge in [0.15, 0.2) is 5.11 Å². The molecule has 0 saturated heterocycles. The number of halogens is 3. The SMILES string of the molecule is CN(C)CCCNC(=S)NNc1ccc(C(F)(F)F)cc1[N+](=O)[O-]. The zero-order chi connectivity index (χ0) is 18.3. The maximum atomic E-state index is 12.6. The summed E-state index contributed by atoms with van der Waals surface area (Å²) in [6, 6.07) is 2.20. The van der Waals surface area contributed by atoms with E-state index in [0.29, 0.717) is 12.6 Å². The second kappa shape index (κ2) is 8.64. The Kier molecular flexibility index (Phi) is 7.17. The molecule has 24 heavy (non-hydrogen) atoms. The van der Waals surface area contributed by atoms with Gasteiger partial charge in [-0.2, -0.15) is 13.2 Å². The lowest BCUT2D eigenvalue weighted by Crippen LogP contribution is -2.39. The third-order valence-electron chi connectivity index (χ3n) is 2.90. The van der Waals surface area contributed by atoms with Crippen molar-refractivity contribution in [2.45, 2.75) is 12.6 Å². The van der Waals surface area contributed by atoms with Gasteiger partial charge in [-0.1, -0.05) is 0 Å². The predicted octanol–water partition coefficient (Wildman–Crippen LogP) is 2.36. The van der Waals surface area contributed by atoms with Gasteiger partial charge in [0, 0.05) is 12.6 Å². The van der Waals surface area contributed by atoms with Gasteiger partial charge in [0.2, 0.25) is 0 Å². The molecule has 1 rings (SSSR count). The van der Waals surface area contributed by atoms with Crippen LogP contribution in [-0.2, 0) is 6.18 Å². The number of nitro groups is 1. The second-order valence-electron chi connectivity index (χ2n) is 5.15. The first-order valence-corrected chi connectivity index (χ1v) is 7.32. The largest absolute Gasteiger partial charge is 0.416 e. The van der Waals surface area contributed by atoms with Crippen LogP contribution in [-0.4, -0.2) is 42.1 Å². The summed E-state index contributed by atoms with van der Waals surface area (Å²) in [6.07, 6.45) is -3.82. The molecule has 1 aromatic carbocycles. The number of benzene rings is 1. The van der Waals surface area contributed by atoms with Crippen molar-refractivity contribution in [3.05, 3.63) is 33.9 Å². The van der Waals surface area contributed by atoms with Gasteiger partial charge in [0.1, 0.15) is 5.69 Å². The number of nitro benzene ring substituents is 1. The van der Waals surface area contributed by atoms with Crippen LogP contribution in [0.1, 0.15) is 12.0 Å². The number of hydrazine groups is 1. The first kappa shape index (κ1) is 19.9. The van der Waals surface area contributed by atoms with E-state index in [0.717, 1.165) is 25.1 Å². The highest BCUT2D eigenvalue weighted by Gasteiger charge is 2.33. The number of hydrogen-bond acceptors (Lipinski definition) is 5. The monoisotopic (exact) mass is 365 g/mol. The normalized spacial score (nSPS) is 11.2. The lowest BCUT2D eigenvalue weighted by molar-refractivity contribution is -0.384. The summed E-state index contributed by atoms with van der Waals surface area (Å²) in [5.74, 6) is 0. The molecule has 0 heterocycles. The Morgan fingerprint density at radius 3 is 2.58 bits per heavy atom. The van der Waals surface area contributed by atoms with Crippen LogP contribution in [0.4, 0.5) is 24.5 Å². The van der Waals surface area contributed by atoms with Crippen molar-refractivity contribution in [2.75, 3.05) is 32.6 Å². The topological polar surface area (TPSA) is 82.5 Å². The number of rotatable bonds is 7. The van der Waals surface area contributed by atoms with E-state index in [1.807, 2.05) is 19.0 Å². The predicted molar refractivity (Wildman–Crippen MR) is 88.6 cm³/mol. The molecule has 1 aromatic rings. The molecule has 0 fully saturated rings. The fraction of sp³-hybridized carbons (Fsp3) is 0.462. The Bertz CT molecular complexity index is 595. The summed E-state index contributed by atoms with van der Waals surface area (Å²) in [4.78, 5) is 12.0. The van der Waals surface area contributed by atoms with Gasteiger partial charge in [0.25, 0.3) is 5.69 Å². The summed E-state index contributed by atoms with van der Waals surface area (Å²) in [5, 5.41) is 14.0. The maximum absolute atomic E-state index is 12.6. The van der Waals surface area contributed by atoms with Crippen LogP contribution in [0.2, 0.25) is 0 Å². The Balaban J connectivity index is 2.64. The zero-order valence-corrected chi connectivity index (χ0v) is 13.9. The van der Waals surface area contributed by atoms with Gasteiger partial charge in [-0.05, 0) is 51.4 Å². The minimum absolute atomic E-state index is 0.120. The molecule has 3 N–H and O–H groups in total. The average molecular weight is 365 g/mol. The number of anilines is 1. The number of nitrogens with zero attached hydrogens (tertiary/aromatic N) is 2. The summed E-state index contributed by atoms with van der Waals surface area (Å²) >= 11 is 4.98. The number of hydrogen-bond donors (Lipinski definition) is 3. The third-order valence-corrected chi connectivity index (χ3v) is 3.15. The third kappa shape index (κ3) is 6.54. The molecule has 0 saturated carbocycles. The molecule has 0 spiro atoms. The first-order chi connectivity index (χ1) is 11.1. The van der Waals surface area contributed by atoms with Crippen LogP contribution in [0.5, 0.6) is 0 Å². The minimum Gasteiger partial charge on any atom is -0.361 e. The Morgan fingerprint density at radius 1 is 1.38 bits per heavy atom. The van der Waals surface area contributed by atoms with Crippen molar-refractivity contribution in [1.82, 2.24) is 15.6 Å². The first-order valence-electron chi connectivity index (χ1n) is 6.91. The van der Waals surface area contributed by atoms with E-state index in [4.69, 9.17) is 12.2 Å². The Labute approximate surface area is 142 Å². The molecule has 0 aromatic heterocycles. The smallest absolute Gasteiger partial charge is 0.361 e. The van der Waals surface area contributed by atoms with E-state index in [-0.39, 0.29) is 10.8 Å². The van der Waals surface area contributed by atoms with Crippen LogP contribution in [0.25, 0.3) is 0 Å². The van der Waals surface area contributed by atoms with Crippen molar-refractivity contribution < 1.29 is 18.1 Å². The molecule has 0 aliphatic heterocycles. The van der Waals surface area contributed by atoms with Gasteiger partial charge in [0.05, 0.1) is 10.5 Å². The van der Waals surface area contributed by atoms with E-state index >= 15 is 0 Å². The Morgan fingerprint density at radius 2 is 2.04 bits per heavy atom. The van der Waals surface area contributed by atoms with Crippen LogP contribution < -0.4 is 16.2 Å². The Hall–Kier alpha value is -2.14. The van der Waals surface area contributed by atoms with Crippen LogP contribution in [0.15, 0.2) is 18.2 Å². The number of alkyl halides is 3. The van der Waals surface area contributed by atoms with E-state index in [9.17, 15) is 23.3 Å². The molecule has 0 radical (unpaired) electrons. The van der Waals surface area contributed by atoms with Gasteiger partial charge in [-0.15, -0.1) is 0 Å². The molecule has 0 atom stereocenters. The molecule has 0 amide bonds. The van der Waals surface area contributed by atoms with Gasteiger partial charge in [-0.3, -0.25) is 21.0 Å². The van der Waals surface area contributed by atoms with Gasteiger partial charge >= 0.3 is 6.18 Å². The highest BCUT2D eigenvalue weighted by atomic mass is 32.1. The van der Waals surface area contributed by atoms with Gasteiger partial charge in [-0.25, -0.2) is 0 Å². The highest BCUT2D eigenvalue weighted by Crippen LogP contribution is 2.34. The van der Waals surface area contributed by atoms with Crippen molar-refractivity contribution in [3.63, 3.8) is 0 Å². The van der Waals surface area contributed by atoms with E-state index in [2.05, 4.69) is 16.2 Å². The van der Waals surface area contributed by atoms with Crippen LogP contribution in [0, 0.1) is 10.1 Å².